The van der Waals surface area contributed by atoms with Crippen LogP contribution in [0.15, 0.2) is 30.5 Å². The molecule has 0 saturated carbocycles. The monoisotopic (exact) mass is 839 g/mol. The summed E-state index contributed by atoms with van der Waals surface area (Å²) in [7, 11) is 1.18. The summed E-state index contributed by atoms with van der Waals surface area (Å²) in [6.45, 7) is 2.66. The first-order chi connectivity index (χ1) is 28.7. The number of fused-ring (bicyclic) bond motifs is 7. The lowest BCUT2D eigenvalue weighted by Crippen LogP contribution is -2.60. The molecule has 3 unspecified atom stereocenters. The lowest BCUT2D eigenvalue weighted by atomic mass is 9.90. The number of carbonyl (C=O) groups excluding carboxylic acids is 2. The van der Waals surface area contributed by atoms with E-state index >= 15 is 13.2 Å². The molecule has 13 nitrogen and oxygen atoms in total. The Morgan fingerprint density at radius 1 is 1.07 bits per heavy atom. The highest BCUT2D eigenvalue weighted by Gasteiger charge is 2.47. The van der Waals surface area contributed by atoms with E-state index in [1.54, 1.807) is 11.8 Å². The molecule has 10 rings (SSSR count). The second kappa shape index (κ2) is 15.4. The maximum atomic E-state index is 17.6. The molecule has 1 N–H and O–H groups in total. The molecule has 0 radical (unpaired) electrons. The van der Waals surface area contributed by atoms with Crippen molar-refractivity contribution in [2.45, 2.75) is 87.6 Å². The Hall–Kier alpha value is -5.10. The number of aromatic nitrogens is 3. The molecule has 6 aliphatic rings. The van der Waals surface area contributed by atoms with Crippen LogP contribution in [0.3, 0.4) is 0 Å². The predicted octanol–water partition coefficient (Wildman–Crippen LogP) is 6.96. The van der Waals surface area contributed by atoms with Gasteiger partial charge in [-0.2, -0.15) is 9.97 Å². The number of pyridine rings is 1. The van der Waals surface area contributed by atoms with Gasteiger partial charge >= 0.3 is 18.2 Å². The van der Waals surface area contributed by atoms with E-state index in [4.69, 9.17) is 23.9 Å². The molecule has 60 heavy (non-hydrogen) atoms. The molecular weight excluding hydrogens is 793 g/mol. The number of nitrogens with zero attached hydrogens (tertiary/aromatic N) is 6. The topological polar surface area (TPSA) is 131 Å². The second-order valence-electron chi connectivity index (χ2n) is 17.0. The molecule has 2 aromatic carbocycles. The zero-order chi connectivity index (χ0) is 42.0. The average Bonchev–Trinajstić information content (AvgIpc) is 3.79. The lowest BCUT2D eigenvalue weighted by Gasteiger charge is -2.42. The van der Waals surface area contributed by atoms with Crippen molar-refractivity contribution in [1.29, 1.82) is 0 Å². The number of benzene rings is 2. The Labute approximate surface area is 342 Å². The quantitative estimate of drug-likeness (QED) is 0.209. The van der Waals surface area contributed by atoms with Crippen molar-refractivity contribution in [3.05, 3.63) is 47.7 Å². The van der Waals surface area contributed by atoms with Crippen LogP contribution in [0.2, 0.25) is 0 Å². The number of hydrogen-bond acceptors (Lipinski definition) is 11. The van der Waals surface area contributed by atoms with Crippen molar-refractivity contribution in [1.82, 2.24) is 30.1 Å². The van der Waals surface area contributed by atoms with Gasteiger partial charge < -0.3 is 34.1 Å². The molecule has 3 atom stereocenters. The fourth-order valence-corrected chi connectivity index (χ4v) is 9.98. The number of piperidine rings is 2. The number of methoxy groups -OCH3 is 1. The zero-order valence-corrected chi connectivity index (χ0v) is 33.4. The van der Waals surface area contributed by atoms with Crippen LogP contribution in [0, 0.1) is 11.6 Å². The summed E-state index contributed by atoms with van der Waals surface area (Å²) in [6, 6.07) is 5.26. The normalized spacial score (nSPS) is 25.3. The molecular formula is C42H46F5N7O6. The van der Waals surface area contributed by atoms with Crippen LogP contribution in [-0.4, -0.2) is 126 Å². The summed E-state index contributed by atoms with van der Waals surface area (Å²) in [5.41, 5.74) is -1.65. The van der Waals surface area contributed by atoms with Gasteiger partial charge in [-0.05, 0) is 99.5 Å². The van der Waals surface area contributed by atoms with Gasteiger partial charge in [-0.25, -0.2) is 31.5 Å². The summed E-state index contributed by atoms with van der Waals surface area (Å²) < 4.78 is 101. The molecule has 18 heteroatoms. The minimum Gasteiger partial charge on any atom is -0.461 e. The molecule has 2 aromatic heterocycles. The Morgan fingerprint density at radius 3 is 2.63 bits per heavy atom. The van der Waals surface area contributed by atoms with Crippen molar-refractivity contribution in [2.24, 2.45) is 0 Å². The Morgan fingerprint density at radius 2 is 1.87 bits per heavy atom. The summed E-state index contributed by atoms with van der Waals surface area (Å²) >= 11 is 0. The van der Waals surface area contributed by atoms with E-state index in [-0.39, 0.29) is 115 Å². The molecule has 4 fully saturated rings. The number of aryl methyl sites for hydroxylation is 1. The molecule has 6 bridgehead atoms. The van der Waals surface area contributed by atoms with Crippen molar-refractivity contribution < 1.29 is 50.5 Å². The highest BCUT2D eigenvalue weighted by molar-refractivity contribution is 6.02. The summed E-state index contributed by atoms with van der Waals surface area (Å²) in [5, 5.41) is 3.51. The first kappa shape index (κ1) is 40.3. The second-order valence-corrected chi connectivity index (χ2v) is 17.0. The maximum Gasteiger partial charge on any atom is 0.415 e. The van der Waals surface area contributed by atoms with Crippen LogP contribution in [0.4, 0.5) is 37.4 Å². The third kappa shape index (κ3) is 7.39. The number of amides is 2. The van der Waals surface area contributed by atoms with Crippen molar-refractivity contribution in [3.8, 4) is 23.0 Å². The first-order valence-corrected chi connectivity index (χ1v) is 20.5. The van der Waals surface area contributed by atoms with E-state index in [2.05, 4.69) is 20.2 Å². The van der Waals surface area contributed by atoms with Gasteiger partial charge in [0, 0.05) is 38.4 Å². The van der Waals surface area contributed by atoms with Crippen LogP contribution >= 0.6 is 0 Å². The van der Waals surface area contributed by atoms with Gasteiger partial charge in [0.2, 0.25) is 0 Å². The van der Waals surface area contributed by atoms with E-state index in [9.17, 15) is 18.4 Å². The van der Waals surface area contributed by atoms with Gasteiger partial charge in [0.25, 0.3) is 5.92 Å². The third-order valence-corrected chi connectivity index (χ3v) is 12.7. The molecule has 4 aromatic rings. The molecule has 6 aliphatic heterocycles. The third-order valence-electron chi connectivity index (χ3n) is 12.7. The van der Waals surface area contributed by atoms with Gasteiger partial charge in [0.15, 0.2) is 5.82 Å². The highest BCUT2D eigenvalue weighted by atomic mass is 19.3. The zero-order valence-electron chi connectivity index (χ0n) is 33.4. The smallest absolute Gasteiger partial charge is 0.415 e. The predicted molar refractivity (Wildman–Crippen MR) is 209 cm³/mol. The van der Waals surface area contributed by atoms with Crippen LogP contribution in [0.1, 0.15) is 57.4 Å². The van der Waals surface area contributed by atoms with Gasteiger partial charge in [-0.15, -0.1) is 0 Å². The lowest BCUT2D eigenvalue weighted by molar-refractivity contribution is -0.156. The van der Waals surface area contributed by atoms with Crippen molar-refractivity contribution >= 4 is 39.7 Å². The highest BCUT2D eigenvalue weighted by Crippen LogP contribution is 2.42. The minimum absolute atomic E-state index is 0.0244. The molecule has 2 amide bonds. The van der Waals surface area contributed by atoms with Gasteiger partial charge in [0.1, 0.15) is 47.5 Å². The number of alkyl carbamates (subject to hydrolysis) is 1. The van der Waals surface area contributed by atoms with Gasteiger partial charge in [-0.3, -0.25) is 9.88 Å². The average molecular weight is 840 g/mol. The van der Waals surface area contributed by atoms with E-state index in [0.717, 1.165) is 43.7 Å². The Bertz CT molecular complexity index is 2350. The van der Waals surface area contributed by atoms with E-state index in [1.165, 1.54) is 37.6 Å². The number of anilines is 1. The fourth-order valence-electron chi connectivity index (χ4n) is 9.98. The minimum atomic E-state index is -3.33. The standard InChI is InChI=1S/C42H46F5N7O6/c1-40-18-25(43)20-53(21-40)36-29-19-48-34(33(45)35(29)49-37(50-36)59-23-41-10-4-12-54(41)13-5-11-41)28-17-26(60-39(56)52-14-9-31(57-2)42(46,47)22-52)16-24-7-8-30(44)27(32(24)28)6-3-15-58-38(55)51-40/h7-8,16-17,19,25,31H,3-6,9-15,18,20-23H2,1-2H3,(H,51,55). The number of alkyl halides is 3. The maximum absolute atomic E-state index is 17.6. The van der Waals surface area contributed by atoms with E-state index in [1.807, 2.05) is 0 Å². The van der Waals surface area contributed by atoms with E-state index < -0.39 is 54.1 Å². The molecule has 0 spiro atoms. The van der Waals surface area contributed by atoms with E-state index in [0.29, 0.717) is 5.39 Å². The Balaban J connectivity index is 1.19. The molecule has 320 valence electrons. The summed E-state index contributed by atoms with van der Waals surface area (Å²) in [4.78, 5) is 45.3. The summed E-state index contributed by atoms with van der Waals surface area (Å²) in [5.74, 6) is -4.88. The largest absolute Gasteiger partial charge is 0.461 e. The van der Waals surface area contributed by atoms with Crippen molar-refractivity contribution in [2.75, 3.05) is 64.5 Å². The van der Waals surface area contributed by atoms with Crippen LogP contribution in [0.5, 0.6) is 11.8 Å². The first-order valence-electron chi connectivity index (χ1n) is 20.5. The molecule has 4 saturated heterocycles. The number of carbonyl (C=O) groups is 2. The van der Waals surface area contributed by atoms with Gasteiger partial charge in [-0.1, -0.05) is 6.07 Å². The number of ether oxygens (including phenoxy) is 4. The Kier molecular flexibility index (Phi) is 10.4. The SMILES string of the molecule is COC1CCN(C(=O)Oc2cc3c4c(c(F)ccc4c2)CCCOC(=O)NC2(C)CC(F)CN(C2)c2nc(OCC45CCCN4CCC5)nc4c(F)c-3ncc24)CC1(F)F. The molecule has 0 aliphatic carbocycles. The van der Waals surface area contributed by atoms with Crippen molar-refractivity contribution in [3.63, 3.8) is 0 Å². The molecule has 8 heterocycles. The van der Waals surface area contributed by atoms with Crippen LogP contribution in [-0.2, 0) is 15.9 Å². The number of rotatable bonds is 5. The summed E-state index contributed by atoms with van der Waals surface area (Å²) in [6.07, 6.45) is 0.629. The van der Waals surface area contributed by atoms with Crippen LogP contribution < -0.4 is 19.7 Å². The van der Waals surface area contributed by atoms with Crippen LogP contribution in [0.25, 0.3) is 32.9 Å². The fraction of sp³-hybridized carbons (Fsp3) is 0.548. The number of likely N-dealkylation sites (tertiary alicyclic amines) is 1. The van der Waals surface area contributed by atoms with Gasteiger partial charge in [0.05, 0.1) is 36.2 Å². The number of nitrogens with one attached hydrogen (secondary N) is 1. The number of halogens is 5. The number of hydrogen-bond donors (Lipinski definition) is 1.